The number of nitriles is 2. The molecule has 0 spiro atoms. The molecule has 2 fully saturated rings. The van der Waals surface area contributed by atoms with Crippen LogP contribution < -0.4 is 10.6 Å². The van der Waals surface area contributed by atoms with Crippen molar-refractivity contribution >= 4 is 11.7 Å². The second-order valence-electron chi connectivity index (χ2n) is 7.06. The maximum atomic E-state index is 12.3. The third-order valence-corrected chi connectivity index (χ3v) is 5.27. The van der Waals surface area contributed by atoms with E-state index in [9.17, 15) is 4.79 Å². The van der Waals surface area contributed by atoms with E-state index in [4.69, 9.17) is 10.5 Å². The van der Waals surface area contributed by atoms with Crippen LogP contribution in [0.3, 0.4) is 0 Å². The highest BCUT2D eigenvalue weighted by Crippen LogP contribution is 2.26. The van der Waals surface area contributed by atoms with E-state index in [2.05, 4.69) is 27.8 Å². The maximum absolute atomic E-state index is 12.3. The van der Waals surface area contributed by atoms with Crippen LogP contribution in [0.25, 0.3) is 0 Å². The number of carbonyl (C=O) groups excluding carboxylic acids is 1. The van der Waals surface area contributed by atoms with Crippen molar-refractivity contribution in [1.82, 2.24) is 15.2 Å². The molecule has 7 nitrogen and oxygen atoms in total. The molecule has 1 aromatic rings. The van der Waals surface area contributed by atoms with Gasteiger partial charge in [-0.1, -0.05) is 0 Å². The summed E-state index contributed by atoms with van der Waals surface area (Å²) in [6, 6.07) is 7.96. The van der Waals surface area contributed by atoms with E-state index in [1.54, 1.807) is 17.2 Å². The zero-order chi connectivity index (χ0) is 18.4. The minimum Gasteiger partial charge on any atom is -0.370 e. The number of likely N-dealkylation sites (tertiary alicyclic amines) is 1. The minimum atomic E-state index is -0.246. The molecule has 2 aliphatic rings. The summed E-state index contributed by atoms with van der Waals surface area (Å²) in [5.74, 6) is 1.36. The topological polar surface area (TPSA) is 105 Å². The van der Waals surface area contributed by atoms with Crippen molar-refractivity contribution < 1.29 is 4.79 Å². The zero-order valence-electron chi connectivity index (χ0n) is 14.8. The molecular formula is C19H24N6O. The van der Waals surface area contributed by atoms with Gasteiger partial charge >= 0.3 is 0 Å². The average Bonchev–Trinajstić information content (AvgIpc) is 3.34. The van der Waals surface area contributed by atoms with Gasteiger partial charge in [-0.2, -0.15) is 10.5 Å². The summed E-state index contributed by atoms with van der Waals surface area (Å²) in [5, 5.41) is 24.6. The van der Waals surface area contributed by atoms with Gasteiger partial charge < -0.3 is 15.5 Å². The number of nitrogens with one attached hydrogen (secondary N) is 2. The van der Waals surface area contributed by atoms with E-state index < -0.39 is 0 Å². The Morgan fingerprint density at radius 3 is 2.92 bits per heavy atom. The Morgan fingerprint density at radius 1 is 1.31 bits per heavy atom. The molecule has 26 heavy (non-hydrogen) atoms. The Hall–Kier alpha value is -2.64. The number of hydrogen-bond donors (Lipinski definition) is 2. The lowest BCUT2D eigenvalue weighted by molar-refractivity contribution is -0.130. The molecule has 0 radical (unpaired) electrons. The number of rotatable bonds is 6. The number of carbonyl (C=O) groups is 1. The third-order valence-electron chi connectivity index (χ3n) is 5.27. The van der Waals surface area contributed by atoms with Crippen molar-refractivity contribution in [3.63, 3.8) is 0 Å². The van der Waals surface area contributed by atoms with Crippen molar-refractivity contribution in [2.45, 2.75) is 44.2 Å². The summed E-state index contributed by atoms with van der Waals surface area (Å²) in [5.41, 5.74) is 0.557. The summed E-state index contributed by atoms with van der Waals surface area (Å²) in [6.07, 6.45) is 6.48. The van der Waals surface area contributed by atoms with Gasteiger partial charge in [-0.05, 0) is 50.2 Å². The molecule has 7 heteroatoms. The first-order chi connectivity index (χ1) is 12.7. The summed E-state index contributed by atoms with van der Waals surface area (Å²) in [4.78, 5) is 18.2. The molecule has 1 aromatic heterocycles. The van der Waals surface area contributed by atoms with Crippen molar-refractivity contribution in [1.29, 1.82) is 10.5 Å². The van der Waals surface area contributed by atoms with E-state index in [1.807, 2.05) is 6.07 Å². The van der Waals surface area contributed by atoms with Gasteiger partial charge in [0.2, 0.25) is 5.91 Å². The van der Waals surface area contributed by atoms with Crippen LogP contribution in [0.5, 0.6) is 0 Å². The van der Waals surface area contributed by atoms with Crippen LogP contribution in [0.15, 0.2) is 18.3 Å². The molecule has 0 aromatic carbocycles. The first-order valence-corrected chi connectivity index (χ1v) is 9.22. The molecule has 2 N–H and O–H groups in total. The number of aromatic nitrogens is 1. The van der Waals surface area contributed by atoms with Gasteiger partial charge in [0.25, 0.3) is 0 Å². The highest BCUT2D eigenvalue weighted by atomic mass is 16.2. The number of nitrogens with zero attached hydrogens (tertiary/aromatic N) is 4. The zero-order valence-corrected chi connectivity index (χ0v) is 14.8. The first kappa shape index (κ1) is 18.2. The van der Waals surface area contributed by atoms with Crippen molar-refractivity contribution in [3.05, 3.63) is 23.9 Å². The van der Waals surface area contributed by atoms with E-state index in [-0.39, 0.29) is 11.9 Å². The van der Waals surface area contributed by atoms with Crippen LogP contribution >= 0.6 is 0 Å². The SMILES string of the molecule is N#Cc1ccc(NC[C@@H]2CC[C@H](NCC(=O)N3CCC[C@H]3C#N)C2)nc1. The lowest BCUT2D eigenvalue weighted by atomic mass is 10.1. The number of anilines is 1. The summed E-state index contributed by atoms with van der Waals surface area (Å²) in [6.45, 7) is 1.86. The first-order valence-electron chi connectivity index (χ1n) is 9.22. The van der Waals surface area contributed by atoms with Gasteiger partial charge in [-0.3, -0.25) is 4.79 Å². The Morgan fingerprint density at radius 2 is 2.19 bits per heavy atom. The predicted molar refractivity (Wildman–Crippen MR) is 96.9 cm³/mol. The highest BCUT2D eigenvalue weighted by molar-refractivity contribution is 5.79. The van der Waals surface area contributed by atoms with Crippen molar-refractivity contribution in [2.24, 2.45) is 5.92 Å². The van der Waals surface area contributed by atoms with E-state index >= 15 is 0 Å². The number of hydrogen-bond acceptors (Lipinski definition) is 6. The second kappa shape index (κ2) is 8.64. The Kier molecular flexibility index (Phi) is 6.04. The molecule has 3 atom stereocenters. The average molecular weight is 352 g/mol. The summed E-state index contributed by atoms with van der Waals surface area (Å²) in [7, 11) is 0. The lowest BCUT2D eigenvalue weighted by Crippen LogP contribution is -2.43. The van der Waals surface area contributed by atoms with E-state index in [1.165, 1.54) is 0 Å². The maximum Gasteiger partial charge on any atom is 0.237 e. The molecule has 1 aliphatic heterocycles. The molecule has 3 rings (SSSR count). The van der Waals surface area contributed by atoms with Crippen molar-refractivity contribution in [2.75, 3.05) is 25.0 Å². The Labute approximate surface area is 154 Å². The quantitative estimate of drug-likeness (QED) is 0.806. The van der Waals surface area contributed by atoms with Crippen LogP contribution in [0.2, 0.25) is 0 Å². The van der Waals surface area contributed by atoms with Gasteiger partial charge in [-0.15, -0.1) is 0 Å². The Bertz CT molecular complexity index is 704. The van der Waals surface area contributed by atoms with Crippen LogP contribution in [0, 0.1) is 28.6 Å². The van der Waals surface area contributed by atoms with Crippen LogP contribution in [0.1, 0.15) is 37.7 Å². The van der Waals surface area contributed by atoms with Crippen LogP contribution in [0.4, 0.5) is 5.82 Å². The fraction of sp³-hybridized carbons (Fsp3) is 0.579. The third kappa shape index (κ3) is 4.50. The van der Waals surface area contributed by atoms with E-state index in [0.29, 0.717) is 30.6 Å². The van der Waals surface area contributed by atoms with Gasteiger partial charge in [0.05, 0.1) is 18.2 Å². The molecule has 0 unspecified atom stereocenters. The van der Waals surface area contributed by atoms with Crippen molar-refractivity contribution in [3.8, 4) is 12.1 Å². The molecular weight excluding hydrogens is 328 g/mol. The summed E-state index contributed by atoms with van der Waals surface area (Å²) < 4.78 is 0. The molecule has 1 saturated carbocycles. The standard InChI is InChI=1S/C19H24N6O/c20-9-15-4-6-18(24-12-15)23-11-14-3-5-16(8-14)22-13-19(26)25-7-1-2-17(25)10-21/h4,6,12,14,16-17,22H,1-3,5,7-8,11,13H2,(H,23,24)/t14-,16+,17+/m1/s1. The molecule has 2 heterocycles. The molecule has 1 amide bonds. The number of amides is 1. The largest absolute Gasteiger partial charge is 0.370 e. The van der Waals surface area contributed by atoms with Crippen LogP contribution in [-0.4, -0.2) is 47.5 Å². The summed E-state index contributed by atoms with van der Waals surface area (Å²) >= 11 is 0. The minimum absolute atomic E-state index is 0.0393. The molecule has 1 saturated heterocycles. The second-order valence-corrected chi connectivity index (χ2v) is 7.06. The van der Waals surface area contributed by atoms with Crippen LogP contribution in [-0.2, 0) is 4.79 Å². The van der Waals surface area contributed by atoms with E-state index in [0.717, 1.165) is 44.5 Å². The lowest BCUT2D eigenvalue weighted by Gasteiger charge is -2.21. The van der Waals surface area contributed by atoms with Gasteiger partial charge in [0.1, 0.15) is 17.9 Å². The predicted octanol–water partition coefficient (Wildman–Crippen LogP) is 1.64. The highest BCUT2D eigenvalue weighted by Gasteiger charge is 2.30. The fourth-order valence-electron chi connectivity index (χ4n) is 3.79. The van der Waals surface area contributed by atoms with Gasteiger partial charge in [-0.25, -0.2) is 4.98 Å². The number of pyridine rings is 1. The molecule has 0 bridgehead atoms. The smallest absolute Gasteiger partial charge is 0.237 e. The van der Waals surface area contributed by atoms with Gasteiger partial charge in [0.15, 0.2) is 0 Å². The normalized spacial score (nSPS) is 24.8. The fourth-order valence-corrected chi connectivity index (χ4v) is 3.79. The molecule has 136 valence electrons. The monoisotopic (exact) mass is 352 g/mol. The molecule has 1 aliphatic carbocycles. The van der Waals surface area contributed by atoms with Gasteiger partial charge in [0, 0.05) is 25.3 Å². The Balaban J connectivity index is 1.38.